The Morgan fingerprint density at radius 2 is 1.68 bits per heavy atom. The number of hydrogen-bond acceptors (Lipinski definition) is 6. The van der Waals surface area contributed by atoms with Gasteiger partial charge in [-0.1, -0.05) is 0 Å². The van der Waals surface area contributed by atoms with Crippen molar-refractivity contribution in [1.82, 2.24) is 25.4 Å². The zero-order chi connectivity index (χ0) is 13.8. The van der Waals surface area contributed by atoms with Crippen LogP contribution in [0.5, 0.6) is 0 Å². The van der Waals surface area contributed by atoms with Crippen LogP contribution in [0.15, 0.2) is 18.5 Å². The second-order valence-corrected chi connectivity index (χ2v) is 4.10. The van der Waals surface area contributed by atoms with Crippen LogP contribution >= 0.6 is 0 Å². The van der Waals surface area contributed by atoms with Gasteiger partial charge in [-0.15, -0.1) is 0 Å². The molecule has 7 heteroatoms. The number of carbonyl (C=O) groups excluding carboxylic acids is 1. The molecule has 2 N–H and O–H groups in total. The molecule has 2 heterocycles. The molecule has 98 valence electrons. The van der Waals surface area contributed by atoms with E-state index in [1.807, 2.05) is 19.9 Å². The van der Waals surface area contributed by atoms with Crippen molar-refractivity contribution in [2.45, 2.75) is 20.8 Å². The van der Waals surface area contributed by atoms with Crippen LogP contribution in [-0.4, -0.2) is 25.8 Å². The molecule has 0 unspecified atom stereocenters. The first-order chi connectivity index (χ1) is 9.04. The van der Waals surface area contributed by atoms with Crippen LogP contribution in [0, 0.1) is 20.8 Å². The van der Waals surface area contributed by atoms with Gasteiger partial charge in [-0.2, -0.15) is 0 Å². The molecule has 0 fully saturated rings. The summed E-state index contributed by atoms with van der Waals surface area (Å²) >= 11 is 0. The highest BCUT2D eigenvalue weighted by molar-refractivity contribution is 5.92. The Kier molecular flexibility index (Phi) is 3.65. The molecule has 0 radical (unpaired) electrons. The van der Waals surface area contributed by atoms with E-state index in [1.54, 1.807) is 6.92 Å². The van der Waals surface area contributed by atoms with Crippen molar-refractivity contribution in [2.24, 2.45) is 0 Å². The summed E-state index contributed by atoms with van der Waals surface area (Å²) in [5, 5.41) is 0. The van der Waals surface area contributed by atoms with E-state index in [2.05, 4.69) is 30.8 Å². The van der Waals surface area contributed by atoms with Gasteiger partial charge in [0.05, 0.1) is 11.9 Å². The number of nitrogens with zero attached hydrogens (tertiary/aromatic N) is 4. The summed E-state index contributed by atoms with van der Waals surface area (Å²) in [6, 6.07) is 1.85. The number of anilines is 1. The van der Waals surface area contributed by atoms with E-state index in [0.717, 1.165) is 17.1 Å². The fourth-order valence-electron chi connectivity index (χ4n) is 1.47. The van der Waals surface area contributed by atoms with E-state index < -0.39 is 5.91 Å². The largest absolute Gasteiger partial charge is 0.289 e. The van der Waals surface area contributed by atoms with Crippen molar-refractivity contribution in [3.63, 3.8) is 0 Å². The summed E-state index contributed by atoms with van der Waals surface area (Å²) < 4.78 is 0. The van der Waals surface area contributed by atoms with Gasteiger partial charge in [0.25, 0.3) is 5.91 Å². The Bertz CT molecular complexity index is 575. The minimum Gasteiger partial charge on any atom is -0.266 e. The van der Waals surface area contributed by atoms with E-state index in [0.29, 0.717) is 5.95 Å². The summed E-state index contributed by atoms with van der Waals surface area (Å²) in [6.45, 7) is 5.51. The van der Waals surface area contributed by atoms with Gasteiger partial charge in [-0.3, -0.25) is 20.6 Å². The molecular weight excluding hydrogens is 244 g/mol. The van der Waals surface area contributed by atoms with Crippen LogP contribution in [0.4, 0.5) is 5.95 Å². The molecule has 2 aromatic rings. The minimum absolute atomic E-state index is 0.225. The average Bonchev–Trinajstić information content (AvgIpc) is 2.36. The molecule has 0 aliphatic carbocycles. The third-order valence-electron chi connectivity index (χ3n) is 2.28. The number of amides is 1. The molecule has 19 heavy (non-hydrogen) atoms. The monoisotopic (exact) mass is 258 g/mol. The lowest BCUT2D eigenvalue weighted by molar-refractivity contribution is 0.0957. The molecule has 1 amide bonds. The normalized spacial score (nSPS) is 10.1. The third kappa shape index (κ3) is 3.44. The number of hydrogen-bond donors (Lipinski definition) is 2. The highest BCUT2D eigenvalue weighted by Gasteiger charge is 2.07. The fraction of sp³-hybridized carbons (Fsp3) is 0.250. The lowest BCUT2D eigenvalue weighted by Crippen LogP contribution is -2.31. The minimum atomic E-state index is -0.393. The van der Waals surface area contributed by atoms with Crippen molar-refractivity contribution >= 4 is 11.9 Å². The van der Waals surface area contributed by atoms with Crippen molar-refractivity contribution in [1.29, 1.82) is 0 Å². The van der Waals surface area contributed by atoms with Gasteiger partial charge < -0.3 is 0 Å². The molecule has 0 aliphatic rings. The molecular formula is C12H14N6O. The number of rotatable bonds is 3. The number of hydrazine groups is 1. The smallest absolute Gasteiger partial charge is 0.266 e. The average molecular weight is 258 g/mol. The van der Waals surface area contributed by atoms with Crippen LogP contribution in [0.3, 0.4) is 0 Å². The van der Waals surface area contributed by atoms with Crippen molar-refractivity contribution < 1.29 is 4.79 Å². The number of aryl methyl sites for hydroxylation is 3. The molecule has 0 spiro atoms. The molecule has 0 aliphatic heterocycles. The van der Waals surface area contributed by atoms with E-state index in [1.165, 1.54) is 12.4 Å². The summed E-state index contributed by atoms with van der Waals surface area (Å²) in [6.07, 6.45) is 2.94. The second kappa shape index (κ2) is 5.38. The zero-order valence-corrected chi connectivity index (χ0v) is 10.9. The van der Waals surface area contributed by atoms with Crippen molar-refractivity contribution in [2.75, 3.05) is 5.43 Å². The Labute approximate surface area is 110 Å². The SMILES string of the molecule is Cc1cnc(C(=O)NNc2nc(C)cc(C)n2)cn1. The maximum absolute atomic E-state index is 11.8. The summed E-state index contributed by atoms with van der Waals surface area (Å²) in [5.41, 5.74) is 7.74. The zero-order valence-electron chi connectivity index (χ0n) is 10.9. The fourth-order valence-corrected chi connectivity index (χ4v) is 1.47. The maximum Gasteiger partial charge on any atom is 0.289 e. The molecule has 0 aromatic carbocycles. The number of aromatic nitrogens is 4. The van der Waals surface area contributed by atoms with Crippen LogP contribution in [0.2, 0.25) is 0 Å². The first-order valence-electron chi connectivity index (χ1n) is 5.72. The molecule has 0 atom stereocenters. The highest BCUT2D eigenvalue weighted by atomic mass is 16.2. The lowest BCUT2D eigenvalue weighted by atomic mass is 10.4. The quantitative estimate of drug-likeness (QED) is 0.796. The molecule has 0 bridgehead atoms. The predicted molar refractivity (Wildman–Crippen MR) is 69.4 cm³/mol. The van der Waals surface area contributed by atoms with Gasteiger partial charge >= 0.3 is 0 Å². The Morgan fingerprint density at radius 3 is 2.26 bits per heavy atom. The summed E-state index contributed by atoms with van der Waals surface area (Å²) in [4.78, 5) is 28.0. The van der Waals surface area contributed by atoms with E-state index >= 15 is 0 Å². The third-order valence-corrected chi connectivity index (χ3v) is 2.28. The van der Waals surface area contributed by atoms with E-state index in [4.69, 9.17) is 0 Å². The van der Waals surface area contributed by atoms with E-state index in [9.17, 15) is 4.79 Å². The molecule has 2 aromatic heterocycles. The topological polar surface area (TPSA) is 92.7 Å². The summed E-state index contributed by atoms with van der Waals surface area (Å²) in [5.74, 6) is -0.0545. The molecule has 0 saturated heterocycles. The van der Waals surface area contributed by atoms with Gasteiger partial charge in [-0.05, 0) is 26.8 Å². The first-order valence-corrected chi connectivity index (χ1v) is 5.72. The standard InChI is InChI=1S/C12H14N6O/c1-7-4-8(2)16-12(15-7)18-17-11(19)10-6-13-9(3)5-14-10/h4-6H,1-3H3,(H,17,19)(H,15,16,18). The lowest BCUT2D eigenvalue weighted by Gasteiger charge is -2.07. The maximum atomic E-state index is 11.8. The Hall–Kier alpha value is -2.57. The van der Waals surface area contributed by atoms with Gasteiger partial charge in [0.15, 0.2) is 0 Å². The predicted octanol–water partition coefficient (Wildman–Crippen LogP) is 0.949. The van der Waals surface area contributed by atoms with Gasteiger partial charge in [0.1, 0.15) is 5.69 Å². The number of carbonyl (C=O) groups is 1. The Balaban J connectivity index is 2.02. The second-order valence-electron chi connectivity index (χ2n) is 4.10. The Morgan fingerprint density at radius 1 is 1.00 bits per heavy atom. The van der Waals surface area contributed by atoms with Crippen LogP contribution in [-0.2, 0) is 0 Å². The number of nitrogens with one attached hydrogen (secondary N) is 2. The molecule has 0 saturated carbocycles. The molecule has 2 rings (SSSR count). The van der Waals surface area contributed by atoms with Crippen LogP contribution in [0.25, 0.3) is 0 Å². The van der Waals surface area contributed by atoms with Crippen LogP contribution in [0.1, 0.15) is 27.6 Å². The first kappa shape index (κ1) is 12.9. The summed E-state index contributed by atoms with van der Waals surface area (Å²) in [7, 11) is 0. The van der Waals surface area contributed by atoms with Gasteiger partial charge in [0.2, 0.25) is 5.95 Å². The van der Waals surface area contributed by atoms with Gasteiger partial charge in [-0.25, -0.2) is 15.0 Å². The van der Waals surface area contributed by atoms with Gasteiger partial charge in [0, 0.05) is 17.6 Å². The molecule has 7 nitrogen and oxygen atoms in total. The van der Waals surface area contributed by atoms with Crippen molar-refractivity contribution in [3.8, 4) is 0 Å². The van der Waals surface area contributed by atoms with E-state index in [-0.39, 0.29) is 5.69 Å². The highest BCUT2D eigenvalue weighted by Crippen LogP contribution is 2.02. The van der Waals surface area contributed by atoms with Crippen molar-refractivity contribution in [3.05, 3.63) is 41.2 Å². The van der Waals surface area contributed by atoms with Crippen LogP contribution < -0.4 is 10.9 Å².